The first-order valence-electron chi connectivity index (χ1n) is 4.34. The molecule has 0 unspecified atom stereocenters. The molecule has 0 aliphatic heterocycles. The summed E-state index contributed by atoms with van der Waals surface area (Å²) >= 11 is 0.893. The minimum absolute atomic E-state index is 0.00310. The molecular weight excluding hydrogens is 260 g/mol. The number of methoxy groups -OCH3 is 1. The molecule has 0 radical (unpaired) electrons. The highest BCUT2D eigenvalue weighted by Crippen LogP contribution is 2.31. The molecule has 7 heteroatoms. The minimum Gasteiger partial charge on any atom is -0.497 e. The number of rotatable bonds is 3. The molecule has 2 nitrogen and oxygen atoms in total. The van der Waals surface area contributed by atoms with Crippen LogP contribution in [-0.4, -0.2) is 25.3 Å². The fourth-order valence-electron chi connectivity index (χ4n) is 1.16. The van der Waals surface area contributed by atoms with Crippen molar-refractivity contribution in [2.45, 2.75) is 11.1 Å². The fourth-order valence-corrected chi connectivity index (χ4v) is 1.68. The zero-order valence-electron chi connectivity index (χ0n) is 8.89. The van der Waals surface area contributed by atoms with Crippen molar-refractivity contribution in [1.82, 2.24) is 0 Å². The van der Waals surface area contributed by atoms with Gasteiger partial charge >= 0.3 is 6.18 Å². The van der Waals surface area contributed by atoms with E-state index in [1.54, 1.807) is 0 Å². The van der Waals surface area contributed by atoms with Crippen LogP contribution in [0.4, 0.5) is 17.6 Å². The second-order valence-corrected chi connectivity index (χ2v) is 3.87. The minimum atomic E-state index is -5.11. The highest BCUT2D eigenvalue weighted by Gasteiger charge is 2.41. The van der Waals surface area contributed by atoms with E-state index in [0.717, 1.165) is 17.8 Å². The topological polar surface area (TPSA) is 26.3 Å². The smallest absolute Gasteiger partial charge is 0.454 e. The van der Waals surface area contributed by atoms with Crippen molar-refractivity contribution in [2.24, 2.45) is 0 Å². The maximum absolute atomic E-state index is 13.6. The molecule has 0 spiro atoms. The summed E-state index contributed by atoms with van der Waals surface area (Å²) in [6, 6.07) is 1.97. The van der Waals surface area contributed by atoms with Gasteiger partial charge in [0.2, 0.25) is 0 Å². The average molecular weight is 268 g/mol. The Hall–Kier alpha value is -1.24. The molecular formula is C10H8F4O2S. The van der Waals surface area contributed by atoms with Crippen LogP contribution in [0.1, 0.15) is 10.4 Å². The van der Waals surface area contributed by atoms with Crippen LogP contribution >= 0.6 is 11.8 Å². The van der Waals surface area contributed by atoms with Gasteiger partial charge in [-0.05, 0) is 18.4 Å². The van der Waals surface area contributed by atoms with Gasteiger partial charge in [-0.15, -0.1) is 11.8 Å². The van der Waals surface area contributed by atoms with Gasteiger partial charge in [0.1, 0.15) is 11.6 Å². The van der Waals surface area contributed by atoms with Crippen LogP contribution in [0.5, 0.6) is 5.75 Å². The molecule has 0 bridgehead atoms. The number of ketones is 1. The highest BCUT2D eigenvalue weighted by molar-refractivity contribution is 7.98. The zero-order valence-corrected chi connectivity index (χ0v) is 9.71. The Kier molecular flexibility index (Phi) is 4.03. The Morgan fingerprint density at radius 1 is 1.35 bits per heavy atom. The predicted octanol–water partition coefficient (Wildman–Crippen LogP) is 3.30. The number of carbonyl (C=O) groups is 1. The van der Waals surface area contributed by atoms with Gasteiger partial charge < -0.3 is 4.74 Å². The Morgan fingerprint density at radius 2 is 1.94 bits per heavy atom. The van der Waals surface area contributed by atoms with E-state index in [4.69, 9.17) is 4.74 Å². The third-order valence-corrected chi connectivity index (χ3v) is 2.71. The zero-order chi connectivity index (χ0) is 13.2. The van der Waals surface area contributed by atoms with Crippen molar-refractivity contribution < 1.29 is 27.1 Å². The molecule has 0 aromatic heterocycles. The third-order valence-electron chi connectivity index (χ3n) is 1.97. The molecule has 1 aromatic carbocycles. The van der Waals surface area contributed by atoms with Gasteiger partial charge in [-0.1, -0.05) is 0 Å². The quantitative estimate of drug-likeness (QED) is 0.478. The Labute approximate surface area is 99.0 Å². The SMILES string of the molecule is COc1cc(SC)c(F)c(C(=O)C(F)(F)F)c1. The molecule has 0 aliphatic rings. The van der Waals surface area contributed by atoms with E-state index >= 15 is 0 Å². The van der Waals surface area contributed by atoms with Crippen LogP contribution in [0.3, 0.4) is 0 Å². The van der Waals surface area contributed by atoms with Crippen LogP contribution in [0.25, 0.3) is 0 Å². The van der Waals surface area contributed by atoms with Crippen molar-refractivity contribution in [3.05, 3.63) is 23.5 Å². The summed E-state index contributed by atoms with van der Waals surface area (Å²) in [5, 5.41) is 0. The van der Waals surface area contributed by atoms with E-state index in [0.29, 0.717) is 0 Å². The number of hydrogen-bond donors (Lipinski definition) is 0. The fraction of sp³-hybridized carbons (Fsp3) is 0.300. The van der Waals surface area contributed by atoms with Gasteiger partial charge in [0.05, 0.1) is 12.7 Å². The Morgan fingerprint density at radius 3 is 2.35 bits per heavy atom. The van der Waals surface area contributed by atoms with Gasteiger partial charge in [-0.2, -0.15) is 13.2 Å². The number of halogens is 4. The van der Waals surface area contributed by atoms with Crippen molar-refractivity contribution >= 4 is 17.5 Å². The average Bonchev–Trinajstić information content (AvgIpc) is 2.27. The van der Waals surface area contributed by atoms with E-state index in [2.05, 4.69) is 0 Å². The van der Waals surface area contributed by atoms with E-state index in [-0.39, 0.29) is 10.6 Å². The second-order valence-electron chi connectivity index (χ2n) is 3.02. The first-order valence-corrected chi connectivity index (χ1v) is 5.56. The molecule has 0 saturated heterocycles. The van der Waals surface area contributed by atoms with E-state index < -0.39 is 23.3 Å². The maximum atomic E-state index is 13.6. The number of hydrogen-bond acceptors (Lipinski definition) is 3. The van der Waals surface area contributed by atoms with E-state index in [9.17, 15) is 22.4 Å². The van der Waals surface area contributed by atoms with Crippen molar-refractivity contribution in [3.8, 4) is 5.75 Å². The summed E-state index contributed by atoms with van der Waals surface area (Å²) in [4.78, 5) is 10.9. The molecule has 17 heavy (non-hydrogen) atoms. The molecule has 0 N–H and O–H groups in total. The lowest BCUT2D eigenvalue weighted by Crippen LogP contribution is -2.24. The molecule has 0 fully saturated rings. The largest absolute Gasteiger partial charge is 0.497 e. The van der Waals surface area contributed by atoms with Crippen molar-refractivity contribution in [2.75, 3.05) is 13.4 Å². The number of Topliss-reactive ketones (excluding diaryl/α,β-unsaturated/α-hetero) is 1. The van der Waals surface area contributed by atoms with Gasteiger partial charge in [0.25, 0.3) is 5.78 Å². The number of ether oxygens (including phenoxy) is 1. The molecule has 1 rings (SSSR count). The van der Waals surface area contributed by atoms with Crippen LogP contribution in [0.2, 0.25) is 0 Å². The number of benzene rings is 1. The lowest BCUT2D eigenvalue weighted by Gasteiger charge is -2.10. The Bertz CT molecular complexity index is 443. The molecule has 94 valence electrons. The standard InChI is InChI=1S/C10H8F4O2S/c1-16-5-3-6(9(15)10(12,13)14)8(11)7(4-5)17-2/h3-4H,1-2H3. The van der Waals surface area contributed by atoms with Gasteiger partial charge in [-0.3, -0.25) is 4.79 Å². The number of thioether (sulfide) groups is 1. The predicted molar refractivity (Wildman–Crippen MR) is 55.1 cm³/mol. The van der Waals surface area contributed by atoms with Crippen molar-refractivity contribution in [1.29, 1.82) is 0 Å². The first-order chi connectivity index (χ1) is 7.81. The van der Waals surface area contributed by atoms with Gasteiger partial charge in [0.15, 0.2) is 0 Å². The summed E-state index contributed by atoms with van der Waals surface area (Å²) in [6.07, 6.45) is -3.62. The normalized spacial score (nSPS) is 11.4. The van der Waals surface area contributed by atoms with Crippen LogP contribution < -0.4 is 4.74 Å². The molecule has 1 aromatic rings. The molecule has 0 heterocycles. The molecule has 0 saturated carbocycles. The first kappa shape index (κ1) is 13.8. The summed E-state index contributed by atoms with van der Waals surface area (Å²) in [5.41, 5.74) is -1.03. The summed E-state index contributed by atoms with van der Waals surface area (Å²) < 4.78 is 55.0. The highest BCUT2D eigenvalue weighted by atomic mass is 32.2. The van der Waals surface area contributed by atoms with Crippen LogP contribution in [0, 0.1) is 5.82 Å². The van der Waals surface area contributed by atoms with Crippen LogP contribution in [0.15, 0.2) is 17.0 Å². The number of alkyl halides is 3. The van der Waals surface area contributed by atoms with Crippen LogP contribution in [-0.2, 0) is 0 Å². The van der Waals surface area contributed by atoms with E-state index in [1.165, 1.54) is 19.4 Å². The molecule has 0 atom stereocenters. The maximum Gasteiger partial charge on any atom is 0.454 e. The molecule has 0 aliphatic carbocycles. The summed E-state index contributed by atoms with van der Waals surface area (Å²) in [5.74, 6) is -3.40. The molecule has 0 amide bonds. The summed E-state index contributed by atoms with van der Waals surface area (Å²) in [7, 11) is 1.22. The third kappa shape index (κ3) is 2.91. The summed E-state index contributed by atoms with van der Waals surface area (Å²) in [6.45, 7) is 0. The lowest BCUT2D eigenvalue weighted by atomic mass is 10.1. The van der Waals surface area contributed by atoms with E-state index in [1.807, 2.05) is 0 Å². The lowest BCUT2D eigenvalue weighted by molar-refractivity contribution is -0.0887. The number of carbonyl (C=O) groups excluding carboxylic acids is 1. The Balaban J connectivity index is 3.37. The second kappa shape index (κ2) is 4.95. The van der Waals surface area contributed by atoms with Gasteiger partial charge in [-0.25, -0.2) is 4.39 Å². The van der Waals surface area contributed by atoms with Crippen molar-refractivity contribution in [3.63, 3.8) is 0 Å². The van der Waals surface area contributed by atoms with Gasteiger partial charge in [0, 0.05) is 4.90 Å². The monoisotopic (exact) mass is 268 g/mol.